The summed E-state index contributed by atoms with van der Waals surface area (Å²) in [5.41, 5.74) is 8.28. The van der Waals surface area contributed by atoms with Crippen LogP contribution < -0.4 is 9.80 Å². The third kappa shape index (κ3) is 8.16. The van der Waals surface area contributed by atoms with E-state index in [1.54, 1.807) is 0 Å². The van der Waals surface area contributed by atoms with Crippen molar-refractivity contribution in [3.05, 3.63) is 130 Å². The van der Waals surface area contributed by atoms with Crippen LogP contribution in [0.15, 0.2) is 119 Å². The minimum absolute atomic E-state index is 0.0368. The number of hydrogen-bond donors (Lipinski definition) is 2. The SMILES string of the molecule is CC1(C)CN(C=CC2=C(SCCS(=O)(=O)O)C(=CC=C3N(CCCCCC(=O)O)c4ccc5ccccc5c4C3(C)C)CCC2)c2ccc3ccccc3c21. The van der Waals surface area contributed by atoms with Gasteiger partial charge in [-0.05, 0) is 100 Å². The first-order chi connectivity index (χ1) is 26.2. The molecule has 55 heavy (non-hydrogen) atoms. The van der Waals surface area contributed by atoms with Gasteiger partial charge in [0.25, 0.3) is 10.1 Å². The van der Waals surface area contributed by atoms with Crippen LogP contribution in [0.2, 0.25) is 0 Å². The summed E-state index contributed by atoms with van der Waals surface area (Å²) < 4.78 is 33.3. The molecule has 4 aromatic rings. The van der Waals surface area contributed by atoms with Crippen LogP contribution in [0, 0.1) is 0 Å². The van der Waals surface area contributed by atoms with Gasteiger partial charge >= 0.3 is 5.97 Å². The average Bonchev–Trinajstić information content (AvgIpc) is 3.54. The van der Waals surface area contributed by atoms with E-state index in [-0.39, 0.29) is 28.8 Å². The van der Waals surface area contributed by atoms with Crippen molar-refractivity contribution in [3.63, 3.8) is 0 Å². The summed E-state index contributed by atoms with van der Waals surface area (Å²) in [5.74, 6) is -0.802. The second-order valence-electron chi connectivity index (χ2n) is 16.3. The molecule has 0 unspecified atom stereocenters. The summed E-state index contributed by atoms with van der Waals surface area (Å²) in [4.78, 5) is 17.1. The van der Waals surface area contributed by atoms with Gasteiger partial charge in [0.2, 0.25) is 0 Å². The number of fused-ring (bicyclic) bond motifs is 6. The van der Waals surface area contributed by atoms with Crippen LogP contribution in [0.3, 0.4) is 0 Å². The van der Waals surface area contributed by atoms with E-state index in [0.29, 0.717) is 6.42 Å². The lowest BCUT2D eigenvalue weighted by molar-refractivity contribution is -0.137. The highest BCUT2D eigenvalue weighted by Gasteiger charge is 2.41. The summed E-state index contributed by atoms with van der Waals surface area (Å²) in [7, 11) is -4.10. The van der Waals surface area contributed by atoms with Gasteiger partial charge in [-0.3, -0.25) is 9.35 Å². The molecule has 2 aliphatic heterocycles. The van der Waals surface area contributed by atoms with E-state index < -0.39 is 16.1 Å². The molecule has 0 aromatic heterocycles. The van der Waals surface area contributed by atoms with Crippen LogP contribution >= 0.6 is 11.8 Å². The van der Waals surface area contributed by atoms with Crippen LogP contribution in [0.1, 0.15) is 83.8 Å². The Balaban J connectivity index is 1.26. The topological polar surface area (TPSA) is 98.2 Å². The lowest BCUT2D eigenvalue weighted by Crippen LogP contribution is -2.27. The number of rotatable bonds is 13. The van der Waals surface area contributed by atoms with Crippen LogP contribution in [-0.2, 0) is 25.7 Å². The Morgan fingerprint density at radius 3 is 2.20 bits per heavy atom. The molecule has 7 rings (SSSR count). The van der Waals surface area contributed by atoms with Crippen molar-refractivity contribution in [2.45, 2.75) is 83.5 Å². The third-order valence-corrected chi connectivity index (χ3v) is 13.6. The predicted molar refractivity (Wildman–Crippen MR) is 230 cm³/mol. The van der Waals surface area contributed by atoms with Crippen molar-refractivity contribution in [2.24, 2.45) is 0 Å². The van der Waals surface area contributed by atoms with Crippen LogP contribution in [-0.4, -0.2) is 48.6 Å². The first-order valence-electron chi connectivity index (χ1n) is 19.5. The lowest BCUT2D eigenvalue weighted by atomic mass is 9.81. The van der Waals surface area contributed by atoms with Gasteiger partial charge in [0.15, 0.2) is 0 Å². The number of carboxylic acid groups (broad SMARTS) is 1. The quantitative estimate of drug-likeness (QED) is 0.102. The molecule has 1 aliphatic carbocycles. The molecule has 2 N–H and O–H groups in total. The fourth-order valence-electron chi connectivity index (χ4n) is 8.95. The van der Waals surface area contributed by atoms with Gasteiger partial charge in [-0.25, -0.2) is 0 Å². The van der Waals surface area contributed by atoms with Gasteiger partial charge in [-0.1, -0.05) is 101 Å². The fraction of sp³-hybridized carbons (Fsp3) is 0.370. The smallest absolute Gasteiger partial charge is 0.303 e. The molecular formula is C46H52N2O5S2. The highest BCUT2D eigenvalue weighted by Crippen LogP contribution is 2.51. The largest absolute Gasteiger partial charge is 0.481 e. The van der Waals surface area contributed by atoms with Gasteiger partial charge in [0.1, 0.15) is 0 Å². The number of benzene rings is 4. The van der Waals surface area contributed by atoms with E-state index in [4.69, 9.17) is 0 Å². The monoisotopic (exact) mass is 776 g/mol. The molecule has 0 fully saturated rings. The molecule has 9 heteroatoms. The Morgan fingerprint density at radius 1 is 0.836 bits per heavy atom. The van der Waals surface area contributed by atoms with E-state index >= 15 is 0 Å². The highest BCUT2D eigenvalue weighted by molar-refractivity contribution is 8.04. The number of carboxylic acids is 1. The average molecular weight is 777 g/mol. The fourth-order valence-corrected chi connectivity index (χ4v) is 11.0. The first kappa shape index (κ1) is 38.9. The molecule has 3 aliphatic rings. The molecule has 0 amide bonds. The standard InChI is InChI=1S/C46H52N2O5S2/c1-45(2)31-47(38-23-20-32-13-7-9-17-36(32)42(38)45)28-26-35-16-12-15-34(44(35)54-29-30-55(51,52)53)22-25-40-46(3,4)43-37-18-10-8-14-33(37)21-24-39(43)48(40)27-11-5-6-19-41(49)50/h7-10,13-14,17-18,20-26,28H,5-6,11-12,15-16,19,27,29-31H2,1-4H3,(H,49,50)(H,51,52,53). The van der Waals surface area contributed by atoms with Gasteiger partial charge in [-0.15, -0.1) is 11.8 Å². The van der Waals surface area contributed by atoms with Gasteiger partial charge < -0.3 is 14.9 Å². The van der Waals surface area contributed by atoms with Crippen molar-refractivity contribution in [1.82, 2.24) is 0 Å². The Labute approximate surface area is 330 Å². The first-order valence-corrected chi connectivity index (χ1v) is 22.1. The van der Waals surface area contributed by atoms with E-state index in [1.807, 2.05) is 0 Å². The number of allylic oxidation sites excluding steroid dienone is 6. The number of hydrogen-bond acceptors (Lipinski definition) is 6. The van der Waals surface area contributed by atoms with Gasteiger partial charge in [0, 0.05) is 64.3 Å². The van der Waals surface area contributed by atoms with Gasteiger partial charge in [0.05, 0.1) is 5.75 Å². The van der Waals surface area contributed by atoms with E-state index in [0.717, 1.165) is 50.1 Å². The number of nitrogens with zero attached hydrogens (tertiary/aromatic N) is 2. The van der Waals surface area contributed by atoms with Crippen molar-refractivity contribution in [1.29, 1.82) is 0 Å². The molecule has 0 spiro atoms. The molecule has 288 valence electrons. The zero-order chi connectivity index (χ0) is 39.0. The minimum atomic E-state index is -4.10. The van der Waals surface area contributed by atoms with E-state index in [2.05, 4.69) is 135 Å². The normalized spacial score (nSPS) is 19.4. The molecule has 2 heterocycles. The molecule has 0 radical (unpaired) electrons. The Morgan fingerprint density at radius 2 is 1.51 bits per heavy atom. The Bertz CT molecular complexity index is 2370. The van der Waals surface area contributed by atoms with Crippen LogP contribution in [0.4, 0.5) is 11.4 Å². The van der Waals surface area contributed by atoms with Crippen molar-refractivity contribution in [2.75, 3.05) is 34.4 Å². The summed E-state index contributed by atoms with van der Waals surface area (Å²) >= 11 is 1.52. The zero-order valence-corrected chi connectivity index (χ0v) is 34.0. The Hall–Kier alpha value is -4.31. The van der Waals surface area contributed by atoms with Crippen molar-refractivity contribution >= 4 is 60.8 Å². The molecular weight excluding hydrogens is 725 g/mol. The minimum Gasteiger partial charge on any atom is -0.481 e. The van der Waals surface area contributed by atoms with Crippen molar-refractivity contribution in [3.8, 4) is 0 Å². The number of aliphatic carboxylic acids is 1. The molecule has 0 bridgehead atoms. The van der Waals surface area contributed by atoms with Crippen molar-refractivity contribution < 1.29 is 22.9 Å². The summed E-state index contributed by atoms with van der Waals surface area (Å²) in [6.45, 7) is 10.8. The molecule has 0 saturated heterocycles. The third-order valence-electron chi connectivity index (χ3n) is 11.4. The van der Waals surface area contributed by atoms with Gasteiger partial charge in [-0.2, -0.15) is 8.42 Å². The van der Waals surface area contributed by atoms with Crippen LogP contribution in [0.5, 0.6) is 0 Å². The highest BCUT2D eigenvalue weighted by atomic mass is 32.2. The predicted octanol–water partition coefficient (Wildman–Crippen LogP) is 10.9. The lowest BCUT2D eigenvalue weighted by Gasteiger charge is -2.28. The molecule has 4 aromatic carbocycles. The molecule has 0 atom stereocenters. The summed E-state index contributed by atoms with van der Waals surface area (Å²) in [6.07, 6.45) is 14.2. The van der Waals surface area contributed by atoms with Crippen LogP contribution in [0.25, 0.3) is 21.5 Å². The molecule has 0 saturated carbocycles. The molecule has 7 nitrogen and oxygen atoms in total. The second kappa shape index (κ2) is 15.7. The van der Waals surface area contributed by atoms with E-state index in [1.165, 1.54) is 72.7 Å². The van der Waals surface area contributed by atoms with E-state index in [9.17, 15) is 22.9 Å². The maximum Gasteiger partial charge on any atom is 0.303 e. The Kier molecular flexibility index (Phi) is 11.1. The number of thioether (sulfide) groups is 1. The number of anilines is 2. The zero-order valence-electron chi connectivity index (χ0n) is 32.3. The summed E-state index contributed by atoms with van der Waals surface area (Å²) in [5, 5.41) is 14.2. The number of carbonyl (C=O) groups is 1. The number of unbranched alkanes of at least 4 members (excludes halogenated alkanes) is 2. The maximum absolute atomic E-state index is 11.8. The summed E-state index contributed by atoms with van der Waals surface area (Å²) in [6, 6.07) is 26.0. The maximum atomic E-state index is 11.8. The second-order valence-corrected chi connectivity index (χ2v) is 18.9.